The van der Waals surface area contributed by atoms with Crippen LogP contribution in [0.15, 0.2) is 205 Å². The number of hydrogen-bond donors (Lipinski definition) is 0. The molecule has 8 aromatic carbocycles. The Hall–Kier alpha value is -7.03. The minimum Gasteiger partial charge on any atom is -0.435 e. The molecule has 0 saturated heterocycles. The summed E-state index contributed by atoms with van der Waals surface area (Å²) in [5, 5.41) is 4.79. The van der Waals surface area contributed by atoms with E-state index >= 15 is 0 Å². The standard InChI is InChI=1S/C52H35NO/c1-34-47(36-17-6-3-7-18-36)33-40-20-9-11-23-43(40)49(34)39-29-27-38(28-30-39)44-32-31-37-19-8-10-22-42(37)50(44)46-25-14-26-48-51(46)54-52(53-48)45-24-13-12-21-41(45)35-15-4-2-5-16-35/h2-33,47H,1H2. The zero-order valence-electron chi connectivity index (χ0n) is 29.6. The number of fused-ring (bicyclic) bond motifs is 3. The number of para-hydroxylation sites is 1. The Morgan fingerprint density at radius 1 is 0.481 bits per heavy atom. The molecule has 0 amide bonds. The van der Waals surface area contributed by atoms with Crippen molar-refractivity contribution in [2.24, 2.45) is 0 Å². The van der Waals surface area contributed by atoms with E-state index in [1.165, 1.54) is 32.3 Å². The number of benzene rings is 8. The molecule has 0 bridgehead atoms. The van der Waals surface area contributed by atoms with Crippen LogP contribution in [-0.4, -0.2) is 4.98 Å². The van der Waals surface area contributed by atoms with Gasteiger partial charge in [-0.2, -0.15) is 0 Å². The van der Waals surface area contributed by atoms with Crippen molar-refractivity contribution in [3.05, 3.63) is 222 Å². The lowest BCUT2D eigenvalue weighted by atomic mass is 9.79. The predicted octanol–water partition coefficient (Wildman–Crippen LogP) is 12.0. The molecule has 0 spiro atoms. The molecule has 1 aliphatic carbocycles. The third-order valence-electron chi connectivity index (χ3n) is 10.8. The zero-order valence-corrected chi connectivity index (χ0v) is 29.6. The Labute approximate surface area is 314 Å². The fourth-order valence-corrected chi connectivity index (χ4v) is 8.20. The van der Waals surface area contributed by atoms with Crippen LogP contribution in [0.3, 0.4) is 0 Å². The van der Waals surface area contributed by atoms with Gasteiger partial charge in [0.1, 0.15) is 5.52 Å². The predicted molar refractivity (Wildman–Crippen MR) is 224 cm³/mol. The van der Waals surface area contributed by atoms with E-state index in [4.69, 9.17) is 9.40 Å². The van der Waals surface area contributed by atoms with Crippen LogP contribution in [0.5, 0.6) is 0 Å². The van der Waals surface area contributed by atoms with Crippen molar-refractivity contribution in [1.29, 1.82) is 0 Å². The average Bonchev–Trinajstić information content (AvgIpc) is 3.69. The number of aromatic nitrogens is 1. The Morgan fingerprint density at radius 3 is 1.96 bits per heavy atom. The van der Waals surface area contributed by atoms with Gasteiger partial charge in [-0.1, -0.05) is 189 Å². The number of allylic oxidation sites excluding steroid dienone is 1. The number of nitrogens with zero attached hydrogens (tertiary/aromatic N) is 1. The maximum absolute atomic E-state index is 6.80. The van der Waals surface area contributed by atoms with Crippen LogP contribution in [0.2, 0.25) is 0 Å². The Kier molecular flexibility index (Phi) is 7.74. The van der Waals surface area contributed by atoms with Crippen LogP contribution in [0, 0.1) is 0 Å². The second-order valence-corrected chi connectivity index (χ2v) is 13.9. The molecule has 0 N–H and O–H groups in total. The zero-order chi connectivity index (χ0) is 36.0. The van der Waals surface area contributed by atoms with Crippen LogP contribution in [0.1, 0.15) is 17.0 Å². The van der Waals surface area contributed by atoms with E-state index in [2.05, 4.69) is 183 Å². The van der Waals surface area contributed by atoms with Gasteiger partial charge in [-0.25, -0.2) is 4.98 Å². The van der Waals surface area contributed by atoms with E-state index < -0.39 is 0 Å². The van der Waals surface area contributed by atoms with Gasteiger partial charge in [-0.05, 0) is 77.9 Å². The SMILES string of the molecule is C=C1C(c2ccc(-c3ccc4ccccc4c3-c3cccc4nc(-c5ccccc5-c5ccccc5)oc34)cc2)=c2ccccc2=CC1c1ccccc1. The van der Waals surface area contributed by atoms with E-state index in [1.54, 1.807) is 0 Å². The van der Waals surface area contributed by atoms with E-state index in [-0.39, 0.29) is 5.92 Å². The monoisotopic (exact) mass is 689 g/mol. The van der Waals surface area contributed by atoms with Gasteiger partial charge in [0.2, 0.25) is 5.89 Å². The summed E-state index contributed by atoms with van der Waals surface area (Å²) in [4.78, 5) is 5.07. The summed E-state index contributed by atoms with van der Waals surface area (Å²) in [5.41, 5.74) is 13.9. The van der Waals surface area contributed by atoms with Gasteiger partial charge in [0, 0.05) is 22.6 Å². The van der Waals surface area contributed by atoms with Gasteiger partial charge in [0.15, 0.2) is 5.58 Å². The Morgan fingerprint density at radius 2 is 1.13 bits per heavy atom. The summed E-state index contributed by atoms with van der Waals surface area (Å²) < 4.78 is 6.80. The van der Waals surface area contributed by atoms with E-state index in [1.807, 2.05) is 18.2 Å². The normalized spacial score (nSPS) is 13.9. The van der Waals surface area contributed by atoms with Crippen LogP contribution >= 0.6 is 0 Å². The smallest absolute Gasteiger partial charge is 0.227 e. The highest BCUT2D eigenvalue weighted by Gasteiger charge is 2.23. The summed E-state index contributed by atoms with van der Waals surface area (Å²) in [6.45, 7) is 4.69. The van der Waals surface area contributed by atoms with Gasteiger partial charge in [0.25, 0.3) is 0 Å². The van der Waals surface area contributed by atoms with E-state index in [0.29, 0.717) is 5.89 Å². The van der Waals surface area contributed by atoms with Gasteiger partial charge in [0.05, 0.1) is 0 Å². The maximum atomic E-state index is 6.80. The van der Waals surface area contributed by atoms with Crippen molar-refractivity contribution in [2.75, 3.05) is 0 Å². The minimum absolute atomic E-state index is 0.106. The molecule has 9 aromatic rings. The molecule has 1 unspecified atom stereocenters. The molecule has 0 aliphatic heterocycles. The third kappa shape index (κ3) is 5.39. The molecule has 1 aromatic heterocycles. The van der Waals surface area contributed by atoms with E-state index in [9.17, 15) is 0 Å². The van der Waals surface area contributed by atoms with Crippen molar-refractivity contribution in [3.63, 3.8) is 0 Å². The first-order valence-corrected chi connectivity index (χ1v) is 18.4. The maximum Gasteiger partial charge on any atom is 0.227 e. The Bertz CT molecular complexity index is 2990. The van der Waals surface area contributed by atoms with E-state index in [0.717, 1.165) is 61.2 Å². The fourth-order valence-electron chi connectivity index (χ4n) is 8.20. The molecule has 254 valence electrons. The lowest BCUT2D eigenvalue weighted by molar-refractivity contribution is 0.621. The number of hydrogen-bond acceptors (Lipinski definition) is 2. The highest BCUT2D eigenvalue weighted by molar-refractivity contribution is 6.09. The van der Waals surface area contributed by atoms with Crippen LogP contribution < -0.4 is 10.4 Å². The fraction of sp³-hybridized carbons (Fsp3) is 0.0192. The largest absolute Gasteiger partial charge is 0.435 e. The summed E-state index contributed by atoms with van der Waals surface area (Å²) in [6.07, 6.45) is 2.35. The van der Waals surface area contributed by atoms with Gasteiger partial charge < -0.3 is 4.42 Å². The van der Waals surface area contributed by atoms with Crippen LogP contribution in [0.4, 0.5) is 0 Å². The first kappa shape index (κ1) is 31.7. The van der Waals surface area contributed by atoms with Crippen molar-refractivity contribution in [2.45, 2.75) is 5.92 Å². The first-order valence-electron chi connectivity index (χ1n) is 18.4. The molecule has 2 heteroatoms. The quantitative estimate of drug-likeness (QED) is 0.174. The lowest BCUT2D eigenvalue weighted by Crippen LogP contribution is -2.32. The van der Waals surface area contributed by atoms with Crippen molar-refractivity contribution in [1.82, 2.24) is 4.98 Å². The summed E-state index contributed by atoms with van der Waals surface area (Å²) in [6, 6.07) is 66.5. The van der Waals surface area contributed by atoms with Gasteiger partial charge in [-0.15, -0.1) is 0 Å². The third-order valence-corrected chi connectivity index (χ3v) is 10.8. The summed E-state index contributed by atoms with van der Waals surface area (Å²) >= 11 is 0. The molecule has 0 saturated carbocycles. The second kappa shape index (κ2) is 13.2. The summed E-state index contributed by atoms with van der Waals surface area (Å²) in [7, 11) is 0. The molecule has 54 heavy (non-hydrogen) atoms. The molecule has 1 atom stereocenters. The van der Waals surface area contributed by atoms with Crippen molar-refractivity contribution >= 4 is 33.5 Å². The molecular formula is C52H35NO. The second-order valence-electron chi connectivity index (χ2n) is 13.9. The van der Waals surface area contributed by atoms with Crippen LogP contribution in [-0.2, 0) is 0 Å². The average molecular weight is 690 g/mol. The lowest BCUT2D eigenvalue weighted by Gasteiger charge is -2.24. The highest BCUT2D eigenvalue weighted by Crippen LogP contribution is 2.43. The molecule has 0 fully saturated rings. The topological polar surface area (TPSA) is 26.0 Å². The number of rotatable bonds is 6. The summed E-state index contributed by atoms with van der Waals surface area (Å²) in [5.74, 6) is 0.717. The number of oxazole rings is 1. The first-order chi connectivity index (χ1) is 26.7. The molecule has 10 rings (SSSR count). The minimum atomic E-state index is 0.106. The molecular weight excluding hydrogens is 655 g/mol. The van der Waals surface area contributed by atoms with Gasteiger partial charge >= 0.3 is 0 Å². The molecule has 0 radical (unpaired) electrons. The van der Waals surface area contributed by atoms with Crippen molar-refractivity contribution < 1.29 is 4.42 Å². The molecule has 1 aliphatic rings. The van der Waals surface area contributed by atoms with Crippen molar-refractivity contribution in [3.8, 4) is 44.8 Å². The molecule has 1 heterocycles. The Balaban J connectivity index is 1.12. The van der Waals surface area contributed by atoms with Crippen LogP contribution in [0.25, 0.3) is 78.4 Å². The highest BCUT2D eigenvalue weighted by atomic mass is 16.3. The van der Waals surface area contributed by atoms with Gasteiger partial charge in [-0.3, -0.25) is 0 Å². The molecule has 2 nitrogen and oxygen atoms in total.